The minimum atomic E-state index is -3.83. The molecule has 1 rings (SSSR count). The standard InChI is InChI=1S/C11H12BrClN2O2S/c1-7(2)10(6-14)15-18(16,17)11-8(12)4-3-5-9(11)13/h3-5,7,10,15H,1-2H3. The van der Waals surface area contributed by atoms with Gasteiger partial charge in [-0.2, -0.15) is 9.98 Å². The smallest absolute Gasteiger partial charge is 0.207 e. The van der Waals surface area contributed by atoms with Gasteiger partial charge < -0.3 is 0 Å². The number of hydrogen-bond acceptors (Lipinski definition) is 3. The zero-order valence-electron chi connectivity index (χ0n) is 9.81. The van der Waals surface area contributed by atoms with E-state index in [1.807, 2.05) is 6.07 Å². The van der Waals surface area contributed by atoms with Crippen LogP contribution in [0.25, 0.3) is 0 Å². The summed E-state index contributed by atoms with van der Waals surface area (Å²) in [6.07, 6.45) is 0. The fraction of sp³-hybridized carbons (Fsp3) is 0.364. The molecule has 0 amide bonds. The van der Waals surface area contributed by atoms with Gasteiger partial charge in [0.2, 0.25) is 10.0 Å². The summed E-state index contributed by atoms with van der Waals surface area (Å²) in [7, 11) is -3.83. The van der Waals surface area contributed by atoms with Gasteiger partial charge in [-0.3, -0.25) is 0 Å². The molecule has 18 heavy (non-hydrogen) atoms. The Morgan fingerprint density at radius 2 is 2.06 bits per heavy atom. The Labute approximate surface area is 120 Å². The molecule has 1 N–H and O–H groups in total. The summed E-state index contributed by atoms with van der Waals surface area (Å²) >= 11 is 9.03. The molecule has 0 aliphatic carbocycles. The molecule has 98 valence electrons. The molecule has 7 heteroatoms. The summed E-state index contributed by atoms with van der Waals surface area (Å²) in [5, 5.41) is 9.03. The fourth-order valence-electron chi connectivity index (χ4n) is 1.28. The van der Waals surface area contributed by atoms with Gasteiger partial charge in [-0.1, -0.05) is 31.5 Å². The molecule has 0 saturated heterocycles. The van der Waals surface area contributed by atoms with Gasteiger partial charge in [0.15, 0.2) is 0 Å². The predicted octanol–water partition coefficient (Wildman–Crippen LogP) is 2.93. The number of benzene rings is 1. The van der Waals surface area contributed by atoms with E-state index >= 15 is 0 Å². The number of nitrogens with zero attached hydrogens (tertiary/aromatic N) is 1. The van der Waals surface area contributed by atoms with Crippen LogP contribution in [0.5, 0.6) is 0 Å². The third kappa shape index (κ3) is 3.45. The van der Waals surface area contributed by atoms with E-state index in [9.17, 15) is 8.42 Å². The summed E-state index contributed by atoms with van der Waals surface area (Å²) in [6.45, 7) is 3.52. The maximum Gasteiger partial charge on any atom is 0.244 e. The van der Waals surface area contributed by atoms with Crippen molar-refractivity contribution in [1.82, 2.24) is 4.72 Å². The van der Waals surface area contributed by atoms with Gasteiger partial charge in [0.1, 0.15) is 10.9 Å². The lowest BCUT2D eigenvalue weighted by Crippen LogP contribution is -2.37. The molecular weight excluding hydrogens is 340 g/mol. The highest BCUT2D eigenvalue weighted by atomic mass is 79.9. The molecule has 0 fully saturated rings. The van der Waals surface area contributed by atoms with E-state index in [2.05, 4.69) is 20.7 Å². The first-order valence-corrected chi connectivity index (χ1v) is 7.81. The van der Waals surface area contributed by atoms with Crippen molar-refractivity contribution in [2.45, 2.75) is 24.8 Å². The van der Waals surface area contributed by atoms with Crippen LogP contribution in [0.3, 0.4) is 0 Å². The largest absolute Gasteiger partial charge is 0.244 e. The van der Waals surface area contributed by atoms with Gasteiger partial charge >= 0.3 is 0 Å². The number of sulfonamides is 1. The van der Waals surface area contributed by atoms with Crippen molar-refractivity contribution in [3.05, 3.63) is 27.7 Å². The number of rotatable bonds is 4. The van der Waals surface area contributed by atoms with Crippen molar-refractivity contribution >= 4 is 37.6 Å². The number of nitrogens with one attached hydrogen (secondary N) is 1. The maximum atomic E-state index is 12.2. The molecule has 0 aliphatic heterocycles. The molecule has 1 atom stereocenters. The summed E-state index contributed by atoms with van der Waals surface area (Å²) in [4.78, 5) is -0.0485. The van der Waals surface area contributed by atoms with Crippen LogP contribution in [0.4, 0.5) is 0 Å². The van der Waals surface area contributed by atoms with Crippen molar-refractivity contribution in [2.75, 3.05) is 0 Å². The van der Waals surface area contributed by atoms with E-state index in [1.165, 1.54) is 6.07 Å². The van der Waals surface area contributed by atoms with E-state index in [1.54, 1.807) is 26.0 Å². The van der Waals surface area contributed by atoms with Gasteiger partial charge in [0.25, 0.3) is 0 Å². The Kier molecular flexibility index (Phi) is 5.17. The van der Waals surface area contributed by atoms with Crippen LogP contribution in [0.1, 0.15) is 13.8 Å². The second-order valence-electron chi connectivity index (χ2n) is 4.02. The molecule has 0 aliphatic rings. The highest BCUT2D eigenvalue weighted by molar-refractivity contribution is 9.10. The molecular formula is C11H12BrClN2O2S. The van der Waals surface area contributed by atoms with Crippen molar-refractivity contribution in [2.24, 2.45) is 5.92 Å². The zero-order chi connectivity index (χ0) is 13.9. The molecule has 0 radical (unpaired) electrons. The Hall–Kier alpha value is -0.610. The predicted molar refractivity (Wildman–Crippen MR) is 73.7 cm³/mol. The molecule has 0 spiro atoms. The summed E-state index contributed by atoms with van der Waals surface area (Å²) < 4.78 is 27.0. The van der Waals surface area contributed by atoms with E-state index in [0.29, 0.717) is 4.47 Å². The number of hydrogen-bond donors (Lipinski definition) is 1. The lowest BCUT2D eigenvalue weighted by molar-refractivity contribution is 0.515. The van der Waals surface area contributed by atoms with Crippen LogP contribution < -0.4 is 4.72 Å². The molecule has 1 aromatic carbocycles. The van der Waals surface area contributed by atoms with Gasteiger partial charge in [-0.05, 0) is 34.0 Å². The third-order valence-corrected chi connectivity index (χ3v) is 5.17. The third-order valence-electron chi connectivity index (χ3n) is 2.28. The lowest BCUT2D eigenvalue weighted by Gasteiger charge is -2.16. The molecule has 0 saturated carbocycles. The van der Waals surface area contributed by atoms with Crippen LogP contribution in [-0.4, -0.2) is 14.5 Å². The number of nitriles is 1. The van der Waals surface area contributed by atoms with Crippen molar-refractivity contribution in [3.8, 4) is 6.07 Å². The first-order valence-electron chi connectivity index (χ1n) is 5.15. The van der Waals surface area contributed by atoms with Gasteiger partial charge in [0, 0.05) is 4.47 Å². The minimum absolute atomic E-state index is 0.0485. The Morgan fingerprint density at radius 1 is 1.44 bits per heavy atom. The average molecular weight is 352 g/mol. The monoisotopic (exact) mass is 350 g/mol. The topological polar surface area (TPSA) is 70.0 Å². The van der Waals surface area contributed by atoms with Crippen LogP contribution in [0.15, 0.2) is 27.6 Å². The van der Waals surface area contributed by atoms with Crippen LogP contribution >= 0.6 is 27.5 Å². The Morgan fingerprint density at radius 3 is 2.50 bits per heavy atom. The van der Waals surface area contributed by atoms with Crippen LogP contribution in [0, 0.1) is 17.2 Å². The van der Waals surface area contributed by atoms with Crippen molar-refractivity contribution in [1.29, 1.82) is 5.26 Å². The van der Waals surface area contributed by atoms with E-state index in [0.717, 1.165) is 0 Å². The fourth-order valence-corrected chi connectivity index (χ4v) is 4.30. The number of halogens is 2. The Bertz CT molecular complexity index is 561. The second kappa shape index (κ2) is 6.02. The van der Waals surface area contributed by atoms with Crippen LogP contribution in [-0.2, 0) is 10.0 Å². The highest BCUT2D eigenvalue weighted by Crippen LogP contribution is 2.29. The SMILES string of the molecule is CC(C)C(C#N)NS(=O)(=O)c1c(Cl)cccc1Br. The molecule has 1 aromatic rings. The maximum absolute atomic E-state index is 12.2. The first kappa shape index (κ1) is 15.4. The molecule has 1 unspecified atom stereocenters. The Balaban J connectivity index is 3.20. The van der Waals surface area contributed by atoms with Gasteiger partial charge in [-0.25, -0.2) is 8.42 Å². The average Bonchev–Trinajstić information content (AvgIpc) is 2.25. The second-order valence-corrected chi connectivity index (χ2v) is 6.94. The zero-order valence-corrected chi connectivity index (χ0v) is 13.0. The molecule has 0 aromatic heterocycles. The molecule has 0 heterocycles. The van der Waals surface area contributed by atoms with Gasteiger partial charge in [0.05, 0.1) is 11.1 Å². The molecule has 4 nitrogen and oxygen atoms in total. The minimum Gasteiger partial charge on any atom is -0.207 e. The van der Waals surface area contributed by atoms with Crippen LogP contribution in [0.2, 0.25) is 5.02 Å². The normalized spacial score (nSPS) is 13.3. The quantitative estimate of drug-likeness (QED) is 0.906. The van der Waals surface area contributed by atoms with Crippen molar-refractivity contribution in [3.63, 3.8) is 0 Å². The molecule has 0 bridgehead atoms. The summed E-state index contributed by atoms with van der Waals surface area (Å²) in [6, 6.07) is 5.82. The van der Waals surface area contributed by atoms with Gasteiger partial charge in [-0.15, -0.1) is 0 Å². The lowest BCUT2D eigenvalue weighted by atomic mass is 10.1. The van der Waals surface area contributed by atoms with E-state index in [-0.39, 0.29) is 15.8 Å². The summed E-state index contributed by atoms with van der Waals surface area (Å²) in [5.74, 6) is -0.133. The van der Waals surface area contributed by atoms with E-state index < -0.39 is 16.1 Å². The summed E-state index contributed by atoms with van der Waals surface area (Å²) in [5.41, 5.74) is 0. The van der Waals surface area contributed by atoms with Crippen molar-refractivity contribution < 1.29 is 8.42 Å². The van der Waals surface area contributed by atoms with E-state index in [4.69, 9.17) is 16.9 Å². The highest BCUT2D eigenvalue weighted by Gasteiger charge is 2.26. The first-order chi connectivity index (χ1) is 8.29.